The van der Waals surface area contributed by atoms with Crippen LogP contribution >= 0.6 is 12.2 Å². The Bertz CT molecular complexity index is 714. The van der Waals surface area contributed by atoms with E-state index >= 15 is 0 Å². The molecule has 0 saturated carbocycles. The molecule has 0 amide bonds. The van der Waals surface area contributed by atoms with Gasteiger partial charge in [-0.3, -0.25) is 4.79 Å². The summed E-state index contributed by atoms with van der Waals surface area (Å²) < 4.78 is 1.76. The lowest BCUT2D eigenvalue weighted by atomic mass is 10.0. The molecule has 2 aromatic rings. The SMILES string of the molecule is CCNC(=S)[C@@H](C(=O)c1ccc(CC)cc1)[n+]1cccc(CO)c1. The van der Waals surface area contributed by atoms with E-state index in [-0.39, 0.29) is 12.4 Å². The van der Waals surface area contributed by atoms with Gasteiger partial charge in [-0.15, -0.1) is 0 Å². The molecule has 0 unspecified atom stereocenters. The molecule has 1 aromatic heterocycles. The van der Waals surface area contributed by atoms with Gasteiger partial charge in [-0.25, -0.2) is 0 Å². The molecule has 0 aliphatic heterocycles. The molecule has 0 aliphatic carbocycles. The van der Waals surface area contributed by atoms with Gasteiger partial charge in [0.15, 0.2) is 17.4 Å². The van der Waals surface area contributed by atoms with E-state index in [4.69, 9.17) is 12.2 Å². The second-order valence-corrected chi connectivity index (χ2v) is 5.97. The number of thiocarbonyl (C=S) groups is 1. The lowest BCUT2D eigenvalue weighted by molar-refractivity contribution is -0.692. The summed E-state index contributed by atoms with van der Waals surface area (Å²) in [6.45, 7) is 4.59. The quantitative estimate of drug-likeness (QED) is 0.460. The van der Waals surface area contributed by atoms with Crippen molar-refractivity contribution in [3.05, 3.63) is 65.5 Å². The number of hydrogen-bond acceptors (Lipinski definition) is 3. The highest BCUT2D eigenvalue weighted by Gasteiger charge is 2.33. The van der Waals surface area contributed by atoms with Crippen molar-refractivity contribution in [2.24, 2.45) is 0 Å². The van der Waals surface area contributed by atoms with Gasteiger partial charge in [0.2, 0.25) is 5.78 Å². The van der Waals surface area contributed by atoms with E-state index in [1.54, 1.807) is 23.0 Å². The second kappa shape index (κ2) is 8.66. The minimum Gasteiger partial charge on any atom is -0.391 e. The number of carbonyl (C=O) groups excluding carboxylic acids is 1. The van der Waals surface area contributed by atoms with E-state index in [0.29, 0.717) is 17.1 Å². The molecule has 0 fully saturated rings. The van der Waals surface area contributed by atoms with E-state index in [1.165, 1.54) is 5.56 Å². The normalized spacial score (nSPS) is 11.8. The number of Topliss-reactive ketones (excluding diaryl/α,β-unsaturated/α-hetero) is 1. The molecule has 24 heavy (non-hydrogen) atoms. The molecule has 1 atom stereocenters. The third-order valence-electron chi connectivity index (χ3n) is 3.86. The van der Waals surface area contributed by atoms with Crippen LogP contribution in [0.5, 0.6) is 0 Å². The van der Waals surface area contributed by atoms with Crippen LogP contribution in [-0.4, -0.2) is 22.4 Å². The van der Waals surface area contributed by atoms with Crippen molar-refractivity contribution in [2.45, 2.75) is 32.9 Å². The third-order valence-corrected chi connectivity index (χ3v) is 4.23. The van der Waals surface area contributed by atoms with Crippen molar-refractivity contribution < 1.29 is 14.5 Å². The maximum Gasteiger partial charge on any atom is 0.270 e. The van der Waals surface area contributed by atoms with Gasteiger partial charge in [0, 0.05) is 23.7 Å². The molecule has 0 spiro atoms. The van der Waals surface area contributed by atoms with Crippen LogP contribution in [0.2, 0.25) is 0 Å². The summed E-state index contributed by atoms with van der Waals surface area (Å²) in [6.07, 6.45) is 4.49. The number of likely N-dealkylation sites (N-methyl/N-ethyl adjacent to an activating group) is 1. The lowest BCUT2D eigenvalue weighted by Gasteiger charge is -2.14. The van der Waals surface area contributed by atoms with E-state index in [9.17, 15) is 9.90 Å². The van der Waals surface area contributed by atoms with Gasteiger partial charge in [0.1, 0.15) is 0 Å². The van der Waals surface area contributed by atoms with Gasteiger partial charge in [0.05, 0.1) is 6.61 Å². The molecule has 1 aromatic carbocycles. The van der Waals surface area contributed by atoms with Crippen molar-refractivity contribution in [3.8, 4) is 0 Å². The van der Waals surface area contributed by atoms with Crippen LogP contribution in [0, 0.1) is 0 Å². The number of nitrogens with one attached hydrogen (secondary N) is 1. The summed E-state index contributed by atoms with van der Waals surface area (Å²) in [5.41, 5.74) is 2.54. The van der Waals surface area contributed by atoms with Crippen molar-refractivity contribution >= 4 is 23.0 Å². The van der Waals surface area contributed by atoms with Crippen molar-refractivity contribution in [1.29, 1.82) is 0 Å². The highest BCUT2D eigenvalue weighted by molar-refractivity contribution is 7.80. The average Bonchev–Trinajstić information content (AvgIpc) is 2.62. The number of aryl methyl sites for hydroxylation is 1. The number of nitrogens with zero attached hydrogens (tertiary/aromatic N) is 1. The summed E-state index contributed by atoms with van der Waals surface area (Å²) in [4.78, 5) is 13.5. The number of aromatic nitrogens is 1. The van der Waals surface area contributed by atoms with Crippen molar-refractivity contribution in [1.82, 2.24) is 5.32 Å². The highest BCUT2D eigenvalue weighted by atomic mass is 32.1. The fourth-order valence-electron chi connectivity index (χ4n) is 2.52. The predicted octanol–water partition coefficient (Wildman–Crippen LogP) is 2.39. The van der Waals surface area contributed by atoms with Gasteiger partial charge < -0.3 is 10.4 Å². The molecule has 2 rings (SSSR count). The first-order valence-electron chi connectivity index (χ1n) is 8.12. The zero-order valence-electron chi connectivity index (χ0n) is 14.0. The molecule has 1 heterocycles. The third kappa shape index (κ3) is 4.24. The Morgan fingerprint density at radius 1 is 1.21 bits per heavy atom. The van der Waals surface area contributed by atoms with E-state index in [0.717, 1.165) is 12.0 Å². The number of hydrogen-bond donors (Lipinski definition) is 2. The summed E-state index contributed by atoms with van der Waals surface area (Å²) in [5.74, 6) is -0.0660. The Kier molecular flexibility index (Phi) is 6.58. The first-order valence-corrected chi connectivity index (χ1v) is 8.52. The fourth-order valence-corrected chi connectivity index (χ4v) is 2.89. The Morgan fingerprint density at radius 2 is 1.92 bits per heavy atom. The Hall–Kier alpha value is -2.11. The second-order valence-electron chi connectivity index (χ2n) is 5.53. The Morgan fingerprint density at radius 3 is 2.50 bits per heavy atom. The Balaban J connectivity index is 2.40. The van der Waals surface area contributed by atoms with Crippen LogP contribution in [0.3, 0.4) is 0 Å². The number of carbonyl (C=O) groups is 1. The minimum absolute atomic E-state index is 0.0660. The monoisotopic (exact) mass is 343 g/mol. The Labute approximate surface area is 148 Å². The standard InChI is InChI=1S/C19H22N2O2S/c1-3-14-7-9-16(10-8-14)18(23)17(19(24)20-4-2)21-11-5-6-15(12-21)13-22/h5-12,17,22H,3-4,13H2,1-2H3/p+1/t17-/m1/s1. The average molecular weight is 343 g/mol. The largest absolute Gasteiger partial charge is 0.391 e. The van der Waals surface area contributed by atoms with Crippen LogP contribution in [0.4, 0.5) is 0 Å². The summed E-state index contributed by atoms with van der Waals surface area (Å²) in [7, 11) is 0. The molecule has 0 radical (unpaired) electrons. The summed E-state index contributed by atoms with van der Waals surface area (Å²) in [5, 5.41) is 12.4. The van der Waals surface area contributed by atoms with Crippen LogP contribution < -0.4 is 9.88 Å². The van der Waals surface area contributed by atoms with E-state index in [2.05, 4.69) is 12.2 Å². The predicted molar refractivity (Wildman–Crippen MR) is 98.0 cm³/mol. The molecular formula is C19H23N2O2S+. The first-order chi connectivity index (χ1) is 11.6. The maximum atomic E-state index is 13.1. The minimum atomic E-state index is -0.626. The van der Waals surface area contributed by atoms with E-state index < -0.39 is 6.04 Å². The molecular weight excluding hydrogens is 320 g/mol. The highest BCUT2D eigenvalue weighted by Crippen LogP contribution is 2.13. The topological polar surface area (TPSA) is 53.2 Å². The summed E-state index contributed by atoms with van der Waals surface area (Å²) >= 11 is 5.45. The maximum absolute atomic E-state index is 13.1. The number of aliphatic hydroxyl groups is 1. The number of pyridine rings is 1. The number of rotatable bonds is 7. The van der Waals surface area contributed by atoms with Crippen molar-refractivity contribution in [3.63, 3.8) is 0 Å². The molecule has 0 saturated heterocycles. The molecule has 5 heteroatoms. The van der Waals surface area contributed by atoms with Crippen molar-refractivity contribution in [2.75, 3.05) is 6.54 Å². The van der Waals surface area contributed by atoms with Crippen LogP contribution in [0.25, 0.3) is 0 Å². The van der Waals surface area contributed by atoms with Crippen LogP contribution in [0.15, 0.2) is 48.8 Å². The summed E-state index contributed by atoms with van der Waals surface area (Å²) in [6, 6.07) is 10.6. The zero-order valence-corrected chi connectivity index (χ0v) is 14.8. The number of ketones is 1. The lowest BCUT2D eigenvalue weighted by Crippen LogP contribution is -2.51. The molecule has 2 N–H and O–H groups in total. The number of benzene rings is 1. The van der Waals surface area contributed by atoms with Gasteiger partial charge in [-0.1, -0.05) is 43.4 Å². The van der Waals surface area contributed by atoms with Gasteiger partial charge in [-0.05, 0) is 25.0 Å². The molecule has 4 nitrogen and oxygen atoms in total. The van der Waals surface area contributed by atoms with E-state index in [1.807, 2.05) is 37.3 Å². The molecule has 0 bridgehead atoms. The van der Waals surface area contributed by atoms with Gasteiger partial charge in [-0.2, -0.15) is 4.57 Å². The fraction of sp³-hybridized carbons (Fsp3) is 0.316. The van der Waals surface area contributed by atoms with Gasteiger partial charge >= 0.3 is 0 Å². The molecule has 0 aliphatic rings. The molecule has 126 valence electrons. The smallest absolute Gasteiger partial charge is 0.270 e. The van der Waals surface area contributed by atoms with Crippen LogP contribution in [0.1, 0.15) is 41.4 Å². The zero-order chi connectivity index (χ0) is 17.5. The number of aliphatic hydroxyl groups excluding tert-OH is 1. The first kappa shape index (κ1) is 18.2. The van der Waals surface area contributed by atoms with Crippen LogP contribution in [-0.2, 0) is 13.0 Å². The van der Waals surface area contributed by atoms with Gasteiger partial charge in [0.25, 0.3) is 6.04 Å².